The zero-order chi connectivity index (χ0) is 17.3. The third kappa shape index (κ3) is 3.63. The second-order valence-electron chi connectivity index (χ2n) is 7.36. The number of thioether (sulfide) groups is 1. The van der Waals surface area contributed by atoms with Crippen molar-refractivity contribution in [1.29, 1.82) is 0 Å². The Morgan fingerprint density at radius 1 is 1.04 bits per heavy atom. The Labute approximate surface area is 163 Å². The lowest BCUT2D eigenvalue weighted by atomic mass is 9.93. The molecule has 0 N–H and O–H groups in total. The van der Waals surface area contributed by atoms with Crippen molar-refractivity contribution in [2.24, 2.45) is 0 Å². The van der Waals surface area contributed by atoms with Crippen molar-refractivity contribution in [2.75, 3.05) is 13.1 Å². The van der Waals surface area contributed by atoms with Crippen molar-refractivity contribution in [2.45, 2.75) is 56.4 Å². The summed E-state index contributed by atoms with van der Waals surface area (Å²) in [5.41, 5.74) is 1.21. The van der Waals surface area contributed by atoms with Crippen LogP contribution < -0.4 is 0 Å². The van der Waals surface area contributed by atoms with E-state index in [9.17, 15) is 4.79 Å². The van der Waals surface area contributed by atoms with Gasteiger partial charge in [0.2, 0.25) is 0 Å². The first kappa shape index (κ1) is 17.5. The molecular weight excluding hydrogens is 396 g/mol. The Morgan fingerprint density at radius 2 is 1.72 bits per heavy atom. The third-order valence-corrected chi connectivity index (χ3v) is 7.61. The molecule has 0 radical (unpaired) electrons. The van der Waals surface area contributed by atoms with Crippen LogP contribution in [-0.2, 0) is 11.3 Å². The predicted octanol–water partition coefficient (Wildman–Crippen LogP) is 5.12. The molecule has 3 fully saturated rings. The minimum Gasteiger partial charge on any atom is -0.376 e. The van der Waals surface area contributed by atoms with E-state index in [1.54, 1.807) is 0 Å². The van der Waals surface area contributed by atoms with Crippen LogP contribution in [0.15, 0.2) is 39.8 Å². The maximum Gasteiger partial charge on any atom is 0.263 e. The molecule has 1 aromatic rings. The number of halogens is 1. The van der Waals surface area contributed by atoms with Crippen LogP contribution in [0.1, 0.15) is 50.5 Å². The quantitative estimate of drug-likeness (QED) is 0.633. The van der Waals surface area contributed by atoms with E-state index >= 15 is 0 Å². The molecule has 2 saturated heterocycles. The first-order valence-corrected chi connectivity index (χ1v) is 11.0. The zero-order valence-electron chi connectivity index (χ0n) is 14.5. The molecule has 5 heteroatoms. The lowest BCUT2D eigenvalue weighted by molar-refractivity contribution is -0.129. The molecule has 134 valence electrons. The molecule has 4 rings (SSSR count). The highest BCUT2D eigenvalue weighted by Crippen LogP contribution is 2.52. The van der Waals surface area contributed by atoms with Gasteiger partial charge in [-0.3, -0.25) is 4.79 Å². The topological polar surface area (TPSA) is 23.6 Å². The van der Waals surface area contributed by atoms with Gasteiger partial charge in [0.25, 0.3) is 5.91 Å². The number of nitrogens with zero attached hydrogens (tertiary/aromatic N) is 2. The maximum atomic E-state index is 13.2. The number of hydrogen-bond donors (Lipinski definition) is 0. The van der Waals surface area contributed by atoms with Gasteiger partial charge in [-0.1, -0.05) is 59.1 Å². The van der Waals surface area contributed by atoms with E-state index < -0.39 is 0 Å². The molecule has 1 spiro atoms. The highest BCUT2D eigenvalue weighted by molar-refractivity contribution is 9.10. The summed E-state index contributed by atoms with van der Waals surface area (Å²) in [6.07, 6.45) is 10.6. The minimum atomic E-state index is -0.0199. The average molecular weight is 421 g/mol. The molecule has 25 heavy (non-hydrogen) atoms. The number of likely N-dealkylation sites (tertiary alicyclic amines) is 1. The molecule has 1 amide bonds. The highest BCUT2D eigenvalue weighted by atomic mass is 79.9. The smallest absolute Gasteiger partial charge is 0.263 e. The monoisotopic (exact) mass is 420 g/mol. The third-order valence-electron chi connectivity index (χ3n) is 5.58. The largest absolute Gasteiger partial charge is 0.376 e. The molecule has 2 aliphatic heterocycles. The summed E-state index contributed by atoms with van der Waals surface area (Å²) in [5.74, 6) is 0.238. The van der Waals surface area contributed by atoms with Crippen LogP contribution >= 0.6 is 27.7 Å². The second kappa shape index (κ2) is 7.36. The minimum absolute atomic E-state index is 0.0199. The Morgan fingerprint density at radius 3 is 2.40 bits per heavy atom. The Kier molecular flexibility index (Phi) is 5.14. The first-order chi connectivity index (χ1) is 12.2. The standard InChI is InChI=1S/C20H25BrN2OS/c21-17-8-6-16(7-9-17)14-23-19(24)18(15-22-12-4-5-13-22)25-20(23)10-2-1-3-11-20/h6-9,15H,1-5,10-14H2/b18-15-. The fourth-order valence-corrected chi connectivity index (χ4v) is 6.03. The first-order valence-electron chi connectivity index (χ1n) is 9.38. The van der Waals surface area contributed by atoms with Gasteiger partial charge in [-0.05, 0) is 43.4 Å². The molecule has 2 heterocycles. The van der Waals surface area contributed by atoms with Gasteiger partial charge in [-0.2, -0.15) is 0 Å². The van der Waals surface area contributed by atoms with E-state index in [1.165, 1.54) is 37.7 Å². The van der Waals surface area contributed by atoms with E-state index in [4.69, 9.17) is 0 Å². The number of benzene rings is 1. The van der Waals surface area contributed by atoms with E-state index in [1.807, 2.05) is 11.8 Å². The molecule has 3 nitrogen and oxygen atoms in total. The van der Waals surface area contributed by atoms with Crippen molar-refractivity contribution < 1.29 is 4.79 Å². The second-order valence-corrected chi connectivity index (χ2v) is 9.68. The van der Waals surface area contributed by atoms with Gasteiger partial charge in [0.05, 0.1) is 9.78 Å². The predicted molar refractivity (Wildman–Crippen MR) is 107 cm³/mol. The van der Waals surface area contributed by atoms with Crippen LogP contribution in [0.4, 0.5) is 0 Å². The number of hydrogen-bond acceptors (Lipinski definition) is 3. The number of carbonyl (C=O) groups excluding carboxylic acids is 1. The fourth-order valence-electron chi connectivity index (χ4n) is 4.20. The number of amides is 1. The van der Waals surface area contributed by atoms with Gasteiger partial charge in [0, 0.05) is 30.3 Å². The van der Waals surface area contributed by atoms with E-state index in [0.29, 0.717) is 0 Å². The highest BCUT2D eigenvalue weighted by Gasteiger charge is 2.49. The summed E-state index contributed by atoms with van der Waals surface area (Å²) < 4.78 is 1.08. The Hall–Kier alpha value is -0.940. The molecule has 0 atom stereocenters. The summed E-state index contributed by atoms with van der Waals surface area (Å²) in [6, 6.07) is 8.39. The molecule has 1 saturated carbocycles. The van der Waals surface area contributed by atoms with Gasteiger partial charge in [-0.15, -0.1) is 0 Å². The Bertz CT molecular complexity index is 661. The van der Waals surface area contributed by atoms with Crippen molar-refractivity contribution in [3.05, 3.63) is 45.4 Å². The SMILES string of the molecule is O=C1/C(=C/N2CCCC2)SC2(CCCCC2)N1Cc1ccc(Br)cc1. The van der Waals surface area contributed by atoms with Crippen LogP contribution in [0.2, 0.25) is 0 Å². The molecule has 0 aromatic heterocycles. The van der Waals surface area contributed by atoms with E-state index in [0.717, 1.165) is 41.9 Å². The normalized spacial score (nSPS) is 24.7. The van der Waals surface area contributed by atoms with E-state index in [2.05, 4.69) is 56.2 Å². The van der Waals surface area contributed by atoms with Crippen LogP contribution in [0.25, 0.3) is 0 Å². The van der Waals surface area contributed by atoms with Crippen molar-refractivity contribution in [3.63, 3.8) is 0 Å². The van der Waals surface area contributed by atoms with Gasteiger partial charge in [0.1, 0.15) is 0 Å². The maximum absolute atomic E-state index is 13.2. The lowest BCUT2D eigenvalue weighted by Crippen LogP contribution is -2.45. The fraction of sp³-hybridized carbons (Fsp3) is 0.550. The van der Waals surface area contributed by atoms with Gasteiger partial charge in [-0.25, -0.2) is 0 Å². The van der Waals surface area contributed by atoms with Crippen molar-refractivity contribution in [1.82, 2.24) is 9.80 Å². The molecule has 0 bridgehead atoms. The number of carbonyl (C=O) groups is 1. The zero-order valence-corrected chi connectivity index (χ0v) is 16.9. The summed E-state index contributed by atoms with van der Waals surface area (Å²) in [7, 11) is 0. The molecular formula is C20H25BrN2OS. The number of rotatable bonds is 3. The van der Waals surface area contributed by atoms with Crippen molar-refractivity contribution in [3.8, 4) is 0 Å². The van der Waals surface area contributed by atoms with Crippen LogP contribution in [0, 0.1) is 0 Å². The molecule has 1 aromatic carbocycles. The van der Waals surface area contributed by atoms with Crippen molar-refractivity contribution >= 4 is 33.6 Å². The Balaban J connectivity index is 1.61. The summed E-state index contributed by atoms with van der Waals surface area (Å²) >= 11 is 5.35. The van der Waals surface area contributed by atoms with Crippen LogP contribution in [0.5, 0.6) is 0 Å². The summed E-state index contributed by atoms with van der Waals surface area (Å²) in [4.78, 5) is 18.7. The lowest BCUT2D eigenvalue weighted by Gasteiger charge is -2.40. The molecule has 0 unspecified atom stereocenters. The van der Waals surface area contributed by atoms with Crippen LogP contribution in [-0.4, -0.2) is 33.7 Å². The molecule has 1 aliphatic carbocycles. The molecule has 3 aliphatic rings. The van der Waals surface area contributed by atoms with Gasteiger partial charge >= 0.3 is 0 Å². The van der Waals surface area contributed by atoms with Gasteiger partial charge in [0.15, 0.2) is 0 Å². The van der Waals surface area contributed by atoms with Crippen LogP contribution in [0.3, 0.4) is 0 Å². The average Bonchev–Trinajstić information content (AvgIpc) is 3.21. The summed E-state index contributed by atoms with van der Waals surface area (Å²) in [6.45, 7) is 2.91. The van der Waals surface area contributed by atoms with E-state index in [-0.39, 0.29) is 10.8 Å². The van der Waals surface area contributed by atoms with Gasteiger partial charge < -0.3 is 9.80 Å². The summed E-state index contributed by atoms with van der Waals surface area (Å²) in [5, 5.41) is 0.